The van der Waals surface area contributed by atoms with Crippen molar-refractivity contribution in [1.82, 2.24) is 4.98 Å². The summed E-state index contributed by atoms with van der Waals surface area (Å²) in [4.78, 5) is 3.46. The number of nitrogens with zero attached hydrogens (tertiary/aromatic N) is 1. The highest BCUT2D eigenvalue weighted by Crippen LogP contribution is 2.36. The van der Waals surface area contributed by atoms with Crippen molar-refractivity contribution in [3.63, 3.8) is 0 Å². The van der Waals surface area contributed by atoms with E-state index < -0.39 is 11.9 Å². The number of anilines is 1. The first kappa shape index (κ1) is 14.2. The Kier molecular flexibility index (Phi) is 3.74. The van der Waals surface area contributed by atoms with Crippen molar-refractivity contribution in [3.8, 4) is 0 Å². The van der Waals surface area contributed by atoms with Gasteiger partial charge in [0.15, 0.2) is 0 Å². The molecular formula is C14H19F3N2. The zero-order chi connectivity index (χ0) is 14.1. The number of alkyl halides is 3. The van der Waals surface area contributed by atoms with E-state index in [9.17, 15) is 13.2 Å². The van der Waals surface area contributed by atoms with Gasteiger partial charge in [-0.2, -0.15) is 13.2 Å². The van der Waals surface area contributed by atoms with E-state index in [1.807, 2.05) is 0 Å². The van der Waals surface area contributed by atoms with Crippen molar-refractivity contribution in [2.75, 3.05) is 5.32 Å². The van der Waals surface area contributed by atoms with Crippen molar-refractivity contribution >= 4 is 5.69 Å². The third kappa shape index (κ3) is 3.85. The van der Waals surface area contributed by atoms with Crippen LogP contribution in [-0.2, 0) is 6.18 Å². The Balaban J connectivity index is 2.00. The summed E-state index contributed by atoms with van der Waals surface area (Å²) >= 11 is 0. The topological polar surface area (TPSA) is 24.9 Å². The lowest BCUT2D eigenvalue weighted by Crippen LogP contribution is -2.31. The molecule has 1 heterocycles. The van der Waals surface area contributed by atoms with Gasteiger partial charge < -0.3 is 5.32 Å². The molecule has 0 aliphatic heterocycles. The second-order valence-electron chi connectivity index (χ2n) is 6.03. The standard InChI is InChI=1S/C14H19F3N2/c1-13(2)7-3-4-10(8-13)19-11-5-6-12(18-9-11)14(15,16)17/h5-6,9-10,19H,3-4,7-8H2,1-2H3. The fraction of sp³-hybridized carbons (Fsp3) is 0.643. The summed E-state index contributed by atoms with van der Waals surface area (Å²) in [6, 6.07) is 2.80. The SMILES string of the molecule is CC1(C)CCCC(Nc2ccc(C(F)(F)F)nc2)C1. The van der Waals surface area contributed by atoms with Crippen LogP contribution < -0.4 is 5.32 Å². The Hall–Kier alpha value is -1.26. The van der Waals surface area contributed by atoms with Crippen molar-refractivity contribution in [2.45, 2.75) is 51.7 Å². The molecule has 1 fully saturated rings. The maximum absolute atomic E-state index is 12.4. The normalized spacial score (nSPS) is 23.1. The lowest BCUT2D eigenvalue weighted by Gasteiger charge is -2.36. The molecule has 1 unspecified atom stereocenters. The Bertz CT molecular complexity index is 423. The molecule has 1 aromatic rings. The minimum atomic E-state index is -4.37. The number of nitrogens with one attached hydrogen (secondary N) is 1. The maximum atomic E-state index is 12.4. The average Bonchev–Trinajstić information content (AvgIpc) is 2.27. The zero-order valence-corrected chi connectivity index (χ0v) is 11.2. The number of aromatic nitrogens is 1. The largest absolute Gasteiger partial charge is 0.433 e. The van der Waals surface area contributed by atoms with Gasteiger partial charge in [0.05, 0.1) is 11.9 Å². The van der Waals surface area contributed by atoms with Gasteiger partial charge >= 0.3 is 6.18 Å². The molecule has 2 rings (SSSR count). The van der Waals surface area contributed by atoms with Crippen LogP contribution in [0.2, 0.25) is 0 Å². The van der Waals surface area contributed by atoms with Crippen LogP contribution in [-0.4, -0.2) is 11.0 Å². The minimum Gasteiger partial charge on any atom is -0.381 e. The summed E-state index contributed by atoms with van der Waals surface area (Å²) in [5.41, 5.74) is 0.118. The monoisotopic (exact) mass is 272 g/mol. The summed E-state index contributed by atoms with van der Waals surface area (Å²) in [6.45, 7) is 4.46. The molecule has 1 saturated carbocycles. The maximum Gasteiger partial charge on any atom is 0.433 e. The van der Waals surface area contributed by atoms with Crippen molar-refractivity contribution in [2.24, 2.45) is 5.41 Å². The molecule has 0 bridgehead atoms. The van der Waals surface area contributed by atoms with Crippen LogP contribution in [0.15, 0.2) is 18.3 Å². The van der Waals surface area contributed by atoms with E-state index in [1.54, 1.807) is 0 Å². The third-order valence-corrected chi connectivity index (χ3v) is 3.63. The third-order valence-electron chi connectivity index (χ3n) is 3.63. The molecule has 1 aliphatic rings. The van der Waals surface area contributed by atoms with Crippen LogP contribution in [0.25, 0.3) is 0 Å². The average molecular weight is 272 g/mol. The molecule has 1 aliphatic carbocycles. The van der Waals surface area contributed by atoms with Gasteiger partial charge in [0, 0.05) is 6.04 Å². The summed E-state index contributed by atoms with van der Waals surface area (Å²) < 4.78 is 37.2. The van der Waals surface area contributed by atoms with Gasteiger partial charge in [0.2, 0.25) is 0 Å². The van der Waals surface area contributed by atoms with Gasteiger partial charge in [-0.05, 0) is 36.8 Å². The van der Waals surface area contributed by atoms with Crippen LogP contribution in [0.4, 0.5) is 18.9 Å². The molecule has 0 spiro atoms. The fourth-order valence-corrected chi connectivity index (χ4v) is 2.70. The van der Waals surface area contributed by atoms with Gasteiger partial charge in [-0.15, -0.1) is 0 Å². The van der Waals surface area contributed by atoms with Crippen LogP contribution >= 0.6 is 0 Å². The second-order valence-corrected chi connectivity index (χ2v) is 6.03. The van der Waals surface area contributed by atoms with Crippen LogP contribution in [0, 0.1) is 5.41 Å². The first-order valence-electron chi connectivity index (χ1n) is 6.56. The lowest BCUT2D eigenvalue weighted by atomic mass is 9.75. The molecule has 0 aromatic carbocycles. The zero-order valence-electron chi connectivity index (χ0n) is 11.2. The molecule has 0 saturated heterocycles. The van der Waals surface area contributed by atoms with E-state index >= 15 is 0 Å². The van der Waals surface area contributed by atoms with E-state index in [0.29, 0.717) is 17.1 Å². The molecule has 19 heavy (non-hydrogen) atoms. The van der Waals surface area contributed by atoms with Crippen LogP contribution in [0.1, 0.15) is 45.2 Å². The predicted octanol–water partition coefficient (Wildman–Crippen LogP) is 4.48. The molecule has 106 valence electrons. The van der Waals surface area contributed by atoms with E-state index in [-0.39, 0.29) is 0 Å². The minimum absolute atomic E-state index is 0.301. The summed E-state index contributed by atoms with van der Waals surface area (Å²) in [5, 5.41) is 3.29. The highest BCUT2D eigenvalue weighted by atomic mass is 19.4. The molecular weight excluding hydrogens is 253 g/mol. The number of hydrogen-bond acceptors (Lipinski definition) is 2. The van der Waals surface area contributed by atoms with Gasteiger partial charge in [0.25, 0.3) is 0 Å². The first-order chi connectivity index (χ1) is 8.76. The van der Waals surface area contributed by atoms with Gasteiger partial charge in [-0.3, -0.25) is 0 Å². The van der Waals surface area contributed by atoms with Crippen molar-refractivity contribution in [1.29, 1.82) is 0 Å². The van der Waals surface area contributed by atoms with Gasteiger partial charge in [0.1, 0.15) is 5.69 Å². The van der Waals surface area contributed by atoms with Gasteiger partial charge in [-0.1, -0.05) is 20.3 Å². The quantitative estimate of drug-likeness (QED) is 0.858. The smallest absolute Gasteiger partial charge is 0.381 e. The first-order valence-corrected chi connectivity index (χ1v) is 6.56. The second kappa shape index (κ2) is 5.02. The lowest BCUT2D eigenvalue weighted by molar-refractivity contribution is -0.141. The van der Waals surface area contributed by atoms with Crippen molar-refractivity contribution in [3.05, 3.63) is 24.0 Å². The Morgan fingerprint density at radius 2 is 2.05 bits per heavy atom. The summed E-state index contributed by atoms with van der Waals surface area (Å²) in [6.07, 6.45) is 1.35. The number of halogens is 3. The number of rotatable bonds is 2. The Morgan fingerprint density at radius 1 is 1.32 bits per heavy atom. The van der Waals surface area contributed by atoms with E-state index in [4.69, 9.17) is 0 Å². The van der Waals surface area contributed by atoms with Gasteiger partial charge in [-0.25, -0.2) is 4.98 Å². The number of hydrogen-bond donors (Lipinski definition) is 1. The molecule has 1 N–H and O–H groups in total. The van der Waals surface area contributed by atoms with Crippen molar-refractivity contribution < 1.29 is 13.2 Å². The molecule has 1 atom stereocenters. The van der Waals surface area contributed by atoms with E-state index in [1.165, 1.54) is 18.7 Å². The van der Waals surface area contributed by atoms with E-state index in [2.05, 4.69) is 24.1 Å². The van der Waals surface area contributed by atoms with Crippen LogP contribution in [0.5, 0.6) is 0 Å². The summed E-state index contributed by atoms with van der Waals surface area (Å²) in [7, 11) is 0. The highest BCUT2D eigenvalue weighted by Gasteiger charge is 2.32. The molecule has 1 aromatic heterocycles. The molecule has 0 amide bonds. The highest BCUT2D eigenvalue weighted by molar-refractivity contribution is 5.42. The Labute approximate surface area is 111 Å². The fourth-order valence-electron chi connectivity index (χ4n) is 2.70. The molecule has 5 heteroatoms. The molecule has 0 radical (unpaired) electrons. The number of pyridine rings is 1. The van der Waals surface area contributed by atoms with E-state index in [0.717, 1.165) is 25.3 Å². The predicted molar refractivity (Wildman–Crippen MR) is 68.9 cm³/mol. The Morgan fingerprint density at radius 3 is 2.58 bits per heavy atom. The van der Waals surface area contributed by atoms with Crippen LogP contribution in [0.3, 0.4) is 0 Å². The summed E-state index contributed by atoms with van der Waals surface area (Å²) in [5.74, 6) is 0. The molecule has 2 nitrogen and oxygen atoms in total.